The van der Waals surface area contributed by atoms with E-state index in [-0.39, 0.29) is 18.3 Å². The van der Waals surface area contributed by atoms with Crippen molar-refractivity contribution >= 4 is 5.97 Å². The van der Waals surface area contributed by atoms with Crippen molar-refractivity contribution in [1.29, 1.82) is 0 Å². The van der Waals surface area contributed by atoms with Gasteiger partial charge in [0.1, 0.15) is 17.1 Å². The van der Waals surface area contributed by atoms with Crippen LogP contribution in [0.2, 0.25) is 0 Å². The molecule has 1 aliphatic heterocycles. The fourth-order valence-electron chi connectivity index (χ4n) is 3.99. The van der Waals surface area contributed by atoms with Gasteiger partial charge in [-0.05, 0) is 69.0 Å². The molecule has 0 spiro atoms. The topological polar surface area (TPSA) is 65.0 Å². The number of carboxylic acids is 1. The molecule has 27 heavy (non-hydrogen) atoms. The number of hydrogen-bond acceptors (Lipinski definition) is 4. The third-order valence-electron chi connectivity index (χ3n) is 5.39. The predicted molar refractivity (Wildman–Crippen MR) is 103 cm³/mol. The lowest BCUT2D eigenvalue weighted by Crippen LogP contribution is -2.31. The van der Waals surface area contributed by atoms with E-state index in [1.807, 2.05) is 32.9 Å². The number of carboxylic acid groups (broad SMARTS) is 1. The summed E-state index contributed by atoms with van der Waals surface area (Å²) < 4.78 is 17.4. The molecule has 1 heterocycles. The molecule has 0 radical (unpaired) electrons. The lowest BCUT2D eigenvalue weighted by Gasteiger charge is -2.27. The molecule has 1 aliphatic rings. The third-order valence-corrected chi connectivity index (χ3v) is 5.39. The highest BCUT2D eigenvalue weighted by molar-refractivity contribution is 5.87. The summed E-state index contributed by atoms with van der Waals surface area (Å²) in [6, 6.07) is 7.03. The van der Waals surface area contributed by atoms with Gasteiger partial charge in [0.15, 0.2) is 6.79 Å². The Kier molecular flexibility index (Phi) is 4.91. The van der Waals surface area contributed by atoms with E-state index in [9.17, 15) is 9.90 Å². The molecule has 1 unspecified atom stereocenters. The van der Waals surface area contributed by atoms with Crippen LogP contribution in [0.4, 0.5) is 0 Å². The first-order valence-electron chi connectivity index (χ1n) is 8.96. The van der Waals surface area contributed by atoms with Crippen LogP contribution in [0.15, 0.2) is 24.3 Å². The molecular formula is C22H26O5. The van der Waals surface area contributed by atoms with E-state index in [0.29, 0.717) is 0 Å². The van der Waals surface area contributed by atoms with Gasteiger partial charge >= 0.3 is 5.97 Å². The summed E-state index contributed by atoms with van der Waals surface area (Å²) in [5.74, 6) is 0.759. The Hall–Kier alpha value is -2.53. The predicted octanol–water partition coefficient (Wildman–Crippen LogP) is 4.60. The van der Waals surface area contributed by atoms with Crippen LogP contribution in [0.25, 0.3) is 0 Å². The van der Waals surface area contributed by atoms with Crippen LogP contribution in [0.3, 0.4) is 0 Å². The van der Waals surface area contributed by atoms with E-state index >= 15 is 0 Å². The Labute approximate surface area is 159 Å². The summed E-state index contributed by atoms with van der Waals surface area (Å²) in [6.07, 6.45) is 0. The second-order valence-electron chi connectivity index (χ2n) is 7.56. The van der Waals surface area contributed by atoms with Crippen molar-refractivity contribution in [3.8, 4) is 11.5 Å². The molecule has 0 saturated carbocycles. The molecule has 1 atom stereocenters. The van der Waals surface area contributed by atoms with Crippen molar-refractivity contribution in [3.05, 3.63) is 57.6 Å². The minimum atomic E-state index is -0.929. The lowest BCUT2D eigenvalue weighted by molar-refractivity contribution is 0.0500. The first-order chi connectivity index (χ1) is 12.7. The summed E-state index contributed by atoms with van der Waals surface area (Å²) >= 11 is 0. The molecule has 5 heteroatoms. The number of rotatable bonds is 5. The molecule has 2 aromatic rings. The van der Waals surface area contributed by atoms with E-state index < -0.39 is 11.6 Å². The largest absolute Gasteiger partial charge is 0.486 e. The normalized spacial score (nSPS) is 17.3. The number of ether oxygens (including phenoxy) is 3. The van der Waals surface area contributed by atoms with Gasteiger partial charge in [-0.15, -0.1) is 0 Å². The Bertz CT molecular complexity index is 881. The van der Waals surface area contributed by atoms with Gasteiger partial charge in [0, 0.05) is 12.7 Å². The quantitative estimate of drug-likeness (QED) is 0.780. The molecule has 0 saturated heterocycles. The Morgan fingerprint density at radius 1 is 1.11 bits per heavy atom. The number of hydrogen-bond donors (Lipinski definition) is 1. The fraction of sp³-hybridized carbons (Fsp3) is 0.409. The van der Waals surface area contributed by atoms with Crippen molar-refractivity contribution < 1.29 is 24.1 Å². The van der Waals surface area contributed by atoms with E-state index in [4.69, 9.17) is 14.2 Å². The zero-order valence-corrected chi connectivity index (χ0v) is 16.7. The van der Waals surface area contributed by atoms with Crippen LogP contribution in [0.5, 0.6) is 11.5 Å². The first-order valence-corrected chi connectivity index (χ1v) is 8.96. The molecule has 5 nitrogen and oxygen atoms in total. The zero-order valence-electron chi connectivity index (χ0n) is 16.7. The van der Waals surface area contributed by atoms with Crippen molar-refractivity contribution in [1.82, 2.24) is 0 Å². The van der Waals surface area contributed by atoms with Crippen LogP contribution >= 0.6 is 0 Å². The molecule has 1 N–H and O–H groups in total. The third kappa shape index (κ3) is 3.16. The van der Waals surface area contributed by atoms with Crippen molar-refractivity contribution in [2.45, 2.75) is 46.1 Å². The van der Waals surface area contributed by atoms with Gasteiger partial charge in [-0.2, -0.15) is 0 Å². The van der Waals surface area contributed by atoms with Gasteiger partial charge < -0.3 is 19.3 Å². The second kappa shape index (κ2) is 6.89. The van der Waals surface area contributed by atoms with Gasteiger partial charge in [-0.3, -0.25) is 0 Å². The molecule has 0 amide bonds. The Morgan fingerprint density at radius 3 is 2.30 bits per heavy atom. The Morgan fingerprint density at radius 2 is 1.74 bits per heavy atom. The monoisotopic (exact) mass is 370 g/mol. The molecule has 144 valence electrons. The van der Waals surface area contributed by atoms with Gasteiger partial charge in [0.2, 0.25) is 0 Å². The minimum Gasteiger partial charge on any atom is -0.486 e. The van der Waals surface area contributed by atoms with Crippen LogP contribution < -0.4 is 9.47 Å². The van der Waals surface area contributed by atoms with Crippen molar-refractivity contribution in [3.63, 3.8) is 0 Å². The van der Waals surface area contributed by atoms with Crippen LogP contribution in [-0.2, 0) is 4.74 Å². The Balaban J connectivity index is 2.18. The fourth-order valence-corrected chi connectivity index (χ4v) is 3.99. The SMILES string of the molecule is COCOc1c(C)c(C)c2c(c1C)C(c1ccc(C(=O)O)cc1)C(C)(C)O2. The average Bonchev–Trinajstić information content (AvgIpc) is 2.91. The molecule has 2 aromatic carbocycles. The van der Waals surface area contributed by atoms with Gasteiger partial charge in [-0.25, -0.2) is 4.79 Å². The molecule has 0 aliphatic carbocycles. The van der Waals surface area contributed by atoms with Gasteiger partial charge in [0.25, 0.3) is 0 Å². The zero-order chi connectivity index (χ0) is 19.9. The maximum Gasteiger partial charge on any atom is 0.335 e. The number of aromatic carboxylic acids is 1. The molecule has 0 bridgehead atoms. The van der Waals surface area contributed by atoms with E-state index in [0.717, 1.165) is 39.3 Å². The smallest absolute Gasteiger partial charge is 0.335 e. The maximum atomic E-state index is 11.2. The molecule has 3 rings (SSSR count). The number of benzene rings is 2. The minimum absolute atomic E-state index is 0.0282. The van der Waals surface area contributed by atoms with Gasteiger partial charge in [-0.1, -0.05) is 12.1 Å². The lowest BCUT2D eigenvalue weighted by atomic mass is 9.78. The van der Waals surface area contributed by atoms with Crippen LogP contribution in [-0.4, -0.2) is 30.6 Å². The van der Waals surface area contributed by atoms with Crippen molar-refractivity contribution in [2.75, 3.05) is 13.9 Å². The van der Waals surface area contributed by atoms with E-state index in [1.165, 1.54) is 0 Å². The first kappa shape index (κ1) is 19.2. The van der Waals surface area contributed by atoms with Gasteiger partial charge in [0.05, 0.1) is 11.5 Å². The van der Waals surface area contributed by atoms with Crippen LogP contribution in [0.1, 0.15) is 57.9 Å². The maximum absolute atomic E-state index is 11.2. The van der Waals surface area contributed by atoms with E-state index in [1.54, 1.807) is 19.2 Å². The highest BCUT2D eigenvalue weighted by Crippen LogP contribution is 2.54. The molecular weight excluding hydrogens is 344 g/mol. The highest BCUT2D eigenvalue weighted by atomic mass is 16.7. The summed E-state index contributed by atoms with van der Waals surface area (Å²) in [7, 11) is 1.60. The average molecular weight is 370 g/mol. The summed E-state index contributed by atoms with van der Waals surface area (Å²) in [5, 5.41) is 9.18. The second-order valence-corrected chi connectivity index (χ2v) is 7.56. The standard InChI is InChI=1S/C22H26O5/c1-12-13(2)20-17(14(3)19(12)26-11-25-6)18(22(4,5)27-20)15-7-9-16(10-8-15)21(23)24/h7-10,18H,11H2,1-6H3,(H,23,24). The summed E-state index contributed by atoms with van der Waals surface area (Å²) in [6.45, 7) is 10.4. The summed E-state index contributed by atoms with van der Waals surface area (Å²) in [4.78, 5) is 11.2. The highest BCUT2D eigenvalue weighted by Gasteiger charge is 2.45. The number of carbonyl (C=O) groups is 1. The van der Waals surface area contributed by atoms with E-state index in [2.05, 4.69) is 13.8 Å². The van der Waals surface area contributed by atoms with Crippen molar-refractivity contribution in [2.24, 2.45) is 0 Å². The molecule has 0 fully saturated rings. The van der Waals surface area contributed by atoms with Crippen LogP contribution in [0, 0.1) is 20.8 Å². The number of methoxy groups -OCH3 is 1. The number of fused-ring (bicyclic) bond motifs is 1. The summed E-state index contributed by atoms with van der Waals surface area (Å²) in [5.41, 5.74) is 5.06. The molecule has 0 aromatic heterocycles.